The average Bonchev–Trinajstić information content (AvgIpc) is 2.72. The first-order valence-corrected chi connectivity index (χ1v) is 9.57. The van der Waals surface area contributed by atoms with Crippen LogP contribution in [0.25, 0.3) is 0 Å². The number of nitrogens with zero attached hydrogens (tertiary/aromatic N) is 2. The molecule has 0 saturated carbocycles. The van der Waals surface area contributed by atoms with E-state index in [1.165, 1.54) is 17.8 Å². The van der Waals surface area contributed by atoms with Crippen molar-refractivity contribution in [2.24, 2.45) is 0 Å². The van der Waals surface area contributed by atoms with Crippen LogP contribution in [0.5, 0.6) is 5.75 Å². The lowest BCUT2D eigenvalue weighted by molar-refractivity contribution is -0.131. The van der Waals surface area contributed by atoms with Gasteiger partial charge in [0.05, 0.1) is 7.11 Å². The molecule has 2 aromatic rings. The molecule has 3 rings (SSSR count). The predicted octanol–water partition coefficient (Wildman–Crippen LogP) is 3.90. The van der Waals surface area contributed by atoms with E-state index in [9.17, 15) is 9.18 Å². The molecule has 0 radical (unpaired) electrons. The largest absolute Gasteiger partial charge is 0.497 e. The van der Waals surface area contributed by atoms with Gasteiger partial charge in [-0.15, -0.1) is 0 Å². The minimum atomic E-state index is -0.206. The highest BCUT2D eigenvalue weighted by Crippen LogP contribution is 2.21. The van der Waals surface area contributed by atoms with Gasteiger partial charge in [0.25, 0.3) is 0 Å². The second kappa shape index (κ2) is 9.40. The van der Waals surface area contributed by atoms with Crippen molar-refractivity contribution < 1.29 is 13.9 Å². The van der Waals surface area contributed by atoms with Gasteiger partial charge in [-0.1, -0.05) is 12.1 Å². The van der Waals surface area contributed by atoms with E-state index in [0.29, 0.717) is 6.42 Å². The average molecular weight is 370 g/mol. The van der Waals surface area contributed by atoms with E-state index in [1.807, 2.05) is 29.2 Å². The summed E-state index contributed by atoms with van der Waals surface area (Å²) >= 11 is 0. The maximum atomic E-state index is 12.9. The van der Waals surface area contributed by atoms with E-state index in [4.69, 9.17) is 4.74 Å². The smallest absolute Gasteiger partial charge is 0.222 e. The molecule has 1 heterocycles. The molecule has 1 aliphatic rings. The number of halogens is 1. The van der Waals surface area contributed by atoms with Gasteiger partial charge >= 0.3 is 0 Å². The maximum absolute atomic E-state index is 12.9. The molecular formula is C22H27FN2O2. The monoisotopic (exact) mass is 370 g/mol. The summed E-state index contributed by atoms with van der Waals surface area (Å²) in [6, 6.07) is 14.7. The van der Waals surface area contributed by atoms with Gasteiger partial charge in [-0.3, -0.25) is 4.79 Å². The molecule has 0 atom stereocenters. The van der Waals surface area contributed by atoms with Crippen LogP contribution in [0.2, 0.25) is 0 Å². The first-order valence-electron chi connectivity index (χ1n) is 9.57. The molecule has 0 aromatic heterocycles. The number of unbranched alkanes of at least 4 members (excludes halogenated alkanes) is 1. The highest BCUT2D eigenvalue weighted by Gasteiger charge is 2.20. The maximum Gasteiger partial charge on any atom is 0.222 e. The van der Waals surface area contributed by atoms with E-state index < -0.39 is 0 Å². The van der Waals surface area contributed by atoms with Crippen LogP contribution in [-0.2, 0) is 11.2 Å². The molecule has 1 fully saturated rings. The molecular weight excluding hydrogens is 343 g/mol. The van der Waals surface area contributed by atoms with Gasteiger partial charge in [-0.05, 0) is 61.2 Å². The highest BCUT2D eigenvalue weighted by atomic mass is 19.1. The Labute approximate surface area is 160 Å². The number of anilines is 1. The Kier molecular flexibility index (Phi) is 6.69. The van der Waals surface area contributed by atoms with Crippen molar-refractivity contribution in [2.45, 2.75) is 25.7 Å². The van der Waals surface area contributed by atoms with Crippen LogP contribution in [0.4, 0.5) is 10.1 Å². The number of rotatable bonds is 7. The van der Waals surface area contributed by atoms with Crippen LogP contribution < -0.4 is 9.64 Å². The molecule has 144 valence electrons. The summed E-state index contributed by atoms with van der Waals surface area (Å²) in [7, 11) is 1.67. The fraction of sp³-hybridized carbons (Fsp3) is 0.409. The summed E-state index contributed by atoms with van der Waals surface area (Å²) in [6.07, 6.45) is 3.29. The van der Waals surface area contributed by atoms with Gasteiger partial charge < -0.3 is 14.5 Å². The third-order valence-electron chi connectivity index (χ3n) is 5.09. The van der Waals surface area contributed by atoms with Gasteiger partial charge in [-0.2, -0.15) is 0 Å². The van der Waals surface area contributed by atoms with Crippen LogP contribution in [-0.4, -0.2) is 44.1 Å². The van der Waals surface area contributed by atoms with E-state index in [1.54, 1.807) is 7.11 Å². The van der Waals surface area contributed by atoms with Crippen LogP contribution in [0.1, 0.15) is 24.8 Å². The molecule has 5 heteroatoms. The summed E-state index contributed by atoms with van der Waals surface area (Å²) < 4.78 is 18.1. The Balaban J connectivity index is 1.37. The summed E-state index contributed by atoms with van der Waals surface area (Å²) in [5, 5.41) is 0. The Bertz CT molecular complexity index is 723. The number of ether oxygens (including phenoxy) is 1. The van der Waals surface area contributed by atoms with E-state index >= 15 is 0 Å². The third-order valence-corrected chi connectivity index (χ3v) is 5.09. The molecule has 0 spiro atoms. The zero-order valence-electron chi connectivity index (χ0n) is 15.9. The lowest BCUT2D eigenvalue weighted by atomic mass is 10.1. The first kappa shape index (κ1) is 19.2. The zero-order chi connectivity index (χ0) is 19.1. The van der Waals surface area contributed by atoms with Crippen LogP contribution in [0, 0.1) is 5.82 Å². The van der Waals surface area contributed by atoms with Crippen molar-refractivity contribution in [1.29, 1.82) is 0 Å². The number of amides is 1. The highest BCUT2D eigenvalue weighted by molar-refractivity contribution is 5.76. The SMILES string of the molecule is COc1ccc(N2CCN(C(=O)CCCCc3ccc(F)cc3)CC2)cc1. The topological polar surface area (TPSA) is 32.8 Å². The molecule has 0 N–H and O–H groups in total. The number of carbonyl (C=O) groups excluding carboxylic acids is 1. The third kappa shape index (κ3) is 5.46. The van der Waals surface area contributed by atoms with E-state index in [-0.39, 0.29) is 11.7 Å². The van der Waals surface area contributed by atoms with Gasteiger partial charge in [0.1, 0.15) is 11.6 Å². The number of methoxy groups -OCH3 is 1. The Morgan fingerprint density at radius 2 is 1.63 bits per heavy atom. The number of aryl methyl sites for hydroxylation is 1. The van der Waals surface area contributed by atoms with Crippen molar-refractivity contribution in [1.82, 2.24) is 4.90 Å². The van der Waals surface area contributed by atoms with Gasteiger partial charge in [0.2, 0.25) is 5.91 Å². The van der Waals surface area contributed by atoms with E-state index in [2.05, 4.69) is 17.0 Å². The Hall–Kier alpha value is -2.56. The molecule has 0 bridgehead atoms. The molecule has 1 saturated heterocycles. The summed E-state index contributed by atoms with van der Waals surface area (Å²) in [6.45, 7) is 3.24. The molecule has 2 aromatic carbocycles. The second-order valence-corrected chi connectivity index (χ2v) is 6.90. The van der Waals surface area contributed by atoms with Crippen molar-refractivity contribution in [3.63, 3.8) is 0 Å². The molecule has 1 amide bonds. The molecule has 0 unspecified atom stereocenters. The van der Waals surface area contributed by atoms with Crippen molar-refractivity contribution in [3.05, 3.63) is 59.9 Å². The Morgan fingerprint density at radius 1 is 0.963 bits per heavy atom. The van der Waals surface area contributed by atoms with Crippen molar-refractivity contribution in [3.8, 4) is 5.75 Å². The molecule has 27 heavy (non-hydrogen) atoms. The quantitative estimate of drug-likeness (QED) is 0.693. The lowest BCUT2D eigenvalue weighted by Crippen LogP contribution is -2.48. The van der Waals surface area contributed by atoms with Crippen LogP contribution in [0.3, 0.4) is 0 Å². The second-order valence-electron chi connectivity index (χ2n) is 6.90. The number of carbonyl (C=O) groups is 1. The lowest BCUT2D eigenvalue weighted by Gasteiger charge is -2.36. The summed E-state index contributed by atoms with van der Waals surface area (Å²) in [5.41, 5.74) is 2.29. The standard InChI is InChI=1S/C22H27FN2O2/c1-27-21-12-10-20(11-13-21)24-14-16-25(17-15-24)22(26)5-3-2-4-18-6-8-19(23)9-7-18/h6-13H,2-5,14-17H2,1H3. The van der Waals surface area contributed by atoms with Gasteiger partial charge in [-0.25, -0.2) is 4.39 Å². The molecule has 0 aliphatic carbocycles. The molecule has 1 aliphatic heterocycles. The van der Waals surface area contributed by atoms with Crippen molar-refractivity contribution >= 4 is 11.6 Å². The van der Waals surface area contributed by atoms with Gasteiger partial charge in [0.15, 0.2) is 0 Å². The van der Waals surface area contributed by atoms with Gasteiger partial charge in [0, 0.05) is 38.3 Å². The minimum absolute atomic E-state index is 0.206. The van der Waals surface area contributed by atoms with E-state index in [0.717, 1.165) is 56.8 Å². The minimum Gasteiger partial charge on any atom is -0.497 e. The predicted molar refractivity (Wildman–Crippen MR) is 106 cm³/mol. The number of hydrogen-bond donors (Lipinski definition) is 0. The Morgan fingerprint density at radius 3 is 2.26 bits per heavy atom. The van der Waals surface area contributed by atoms with Crippen molar-refractivity contribution in [2.75, 3.05) is 38.2 Å². The number of benzene rings is 2. The fourth-order valence-electron chi connectivity index (χ4n) is 3.42. The first-order chi connectivity index (χ1) is 13.2. The zero-order valence-corrected chi connectivity index (χ0v) is 15.9. The van der Waals surface area contributed by atoms with Crippen LogP contribution >= 0.6 is 0 Å². The number of hydrogen-bond acceptors (Lipinski definition) is 3. The molecule has 4 nitrogen and oxygen atoms in total. The fourth-order valence-corrected chi connectivity index (χ4v) is 3.42. The number of piperazine rings is 1. The summed E-state index contributed by atoms with van der Waals surface area (Å²) in [5.74, 6) is 0.888. The normalized spacial score (nSPS) is 14.3. The summed E-state index contributed by atoms with van der Waals surface area (Å²) in [4.78, 5) is 16.7. The van der Waals surface area contributed by atoms with Crippen LogP contribution in [0.15, 0.2) is 48.5 Å².